The number of unbranched alkanes of at least 4 members (excludes halogenated alkanes) is 2. The van der Waals surface area contributed by atoms with Gasteiger partial charge in [0.2, 0.25) is 0 Å². The zero-order chi connectivity index (χ0) is 13.5. The van der Waals surface area contributed by atoms with E-state index in [-0.39, 0.29) is 6.61 Å². The minimum absolute atomic E-state index is 0.243. The van der Waals surface area contributed by atoms with Crippen LogP contribution in [0.2, 0.25) is 0 Å². The molecule has 4 heteroatoms. The van der Waals surface area contributed by atoms with E-state index in [2.05, 4.69) is 16.4 Å². The Hall–Kier alpha value is -2.12. The van der Waals surface area contributed by atoms with Crippen molar-refractivity contribution in [3.8, 4) is 6.07 Å². The van der Waals surface area contributed by atoms with Crippen LogP contribution in [0.1, 0.15) is 24.8 Å². The van der Waals surface area contributed by atoms with Gasteiger partial charge in [-0.1, -0.05) is 18.2 Å². The van der Waals surface area contributed by atoms with Gasteiger partial charge in [0.05, 0.1) is 17.1 Å². The number of benzene rings is 1. The predicted molar refractivity (Wildman–Crippen MR) is 75.9 cm³/mol. The number of pyridine rings is 1. The van der Waals surface area contributed by atoms with Gasteiger partial charge in [-0.25, -0.2) is 4.98 Å². The highest BCUT2D eigenvalue weighted by Crippen LogP contribution is 2.19. The predicted octanol–water partition coefficient (Wildman–Crippen LogP) is 2.68. The number of hydrogen-bond donors (Lipinski definition) is 2. The van der Waals surface area contributed by atoms with E-state index < -0.39 is 0 Å². The number of nitriles is 1. The first-order valence-electron chi connectivity index (χ1n) is 6.50. The van der Waals surface area contributed by atoms with Crippen LogP contribution in [0.15, 0.2) is 30.3 Å². The molecule has 4 nitrogen and oxygen atoms in total. The fourth-order valence-electron chi connectivity index (χ4n) is 1.99. The van der Waals surface area contributed by atoms with Gasteiger partial charge >= 0.3 is 0 Å². The van der Waals surface area contributed by atoms with E-state index in [1.165, 1.54) is 0 Å². The van der Waals surface area contributed by atoms with Crippen molar-refractivity contribution in [3.63, 3.8) is 0 Å². The first kappa shape index (κ1) is 13.3. The first-order chi connectivity index (χ1) is 9.35. The second-order valence-corrected chi connectivity index (χ2v) is 4.40. The van der Waals surface area contributed by atoms with Gasteiger partial charge < -0.3 is 10.4 Å². The van der Waals surface area contributed by atoms with E-state index in [1.807, 2.05) is 24.3 Å². The van der Waals surface area contributed by atoms with Crippen molar-refractivity contribution in [3.05, 3.63) is 35.9 Å². The number of para-hydroxylation sites is 1. The van der Waals surface area contributed by atoms with Gasteiger partial charge in [-0.15, -0.1) is 0 Å². The molecule has 0 fully saturated rings. The normalized spacial score (nSPS) is 10.3. The molecule has 1 aromatic heterocycles. The minimum Gasteiger partial charge on any atom is -0.396 e. The Morgan fingerprint density at radius 2 is 2.05 bits per heavy atom. The summed E-state index contributed by atoms with van der Waals surface area (Å²) in [5.41, 5.74) is 1.47. The van der Waals surface area contributed by atoms with Crippen molar-refractivity contribution in [1.29, 1.82) is 5.26 Å². The Morgan fingerprint density at radius 3 is 2.84 bits per heavy atom. The third kappa shape index (κ3) is 3.43. The highest BCUT2D eigenvalue weighted by molar-refractivity contribution is 5.86. The number of aromatic nitrogens is 1. The lowest BCUT2D eigenvalue weighted by Gasteiger charge is -2.07. The fraction of sp³-hybridized carbons (Fsp3) is 0.333. The monoisotopic (exact) mass is 255 g/mol. The molecule has 0 saturated carbocycles. The lowest BCUT2D eigenvalue weighted by molar-refractivity contribution is 0.283. The summed E-state index contributed by atoms with van der Waals surface area (Å²) in [5.74, 6) is 0.735. The molecule has 0 atom stereocenters. The van der Waals surface area contributed by atoms with Crippen LogP contribution < -0.4 is 5.32 Å². The van der Waals surface area contributed by atoms with Crippen molar-refractivity contribution in [2.75, 3.05) is 18.5 Å². The van der Waals surface area contributed by atoms with Gasteiger partial charge in [0.1, 0.15) is 5.82 Å². The highest BCUT2D eigenvalue weighted by Gasteiger charge is 2.04. The molecule has 0 spiro atoms. The summed E-state index contributed by atoms with van der Waals surface area (Å²) in [6, 6.07) is 11.6. The summed E-state index contributed by atoms with van der Waals surface area (Å²) >= 11 is 0. The van der Waals surface area contributed by atoms with Crippen LogP contribution in [0.4, 0.5) is 5.82 Å². The molecule has 2 N–H and O–H groups in total. The lowest BCUT2D eigenvalue weighted by atomic mass is 10.1. The first-order valence-corrected chi connectivity index (χ1v) is 6.50. The zero-order valence-corrected chi connectivity index (χ0v) is 10.8. The molecular weight excluding hydrogens is 238 g/mol. The van der Waals surface area contributed by atoms with Gasteiger partial charge in [0.25, 0.3) is 0 Å². The van der Waals surface area contributed by atoms with Crippen LogP contribution in [-0.4, -0.2) is 23.2 Å². The van der Waals surface area contributed by atoms with Gasteiger partial charge in [-0.2, -0.15) is 5.26 Å². The summed E-state index contributed by atoms with van der Waals surface area (Å²) in [6.07, 6.45) is 2.80. The molecule has 0 amide bonds. The maximum atomic E-state index is 9.17. The minimum atomic E-state index is 0.243. The van der Waals surface area contributed by atoms with Crippen LogP contribution in [-0.2, 0) is 0 Å². The SMILES string of the molecule is N#Cc1cc(NCCCCCO)nc2ccccc12. The third-order valence-corrected chi connectivity index (χ3v) is 2.98. The molecule has 0 unspecified atom stereocenters. The van der Waals surface area contributed by atoms with E-state index in [0.717, 1.165) is 42.5 Å². The number of aliphatic hydroxyl groups is 1. The number of fused-ring (bicyclic) bond motifs is 1. The van der Waals surface area contributed by atoms with Crippen LogP contribution in [0, 0.1) is 11.3 Å². The van der Waals surface area contributed by atoms with Crippen LogP contribution in [0.5, 0.6) is 0 Å². The molecule has 0 radical (unpaired) electrons. The Kier molecular flexibility index (Phi) is 4.71. The standard InChI is InChI=1S/C15H17N3O/c16-11-12-10-15(17-8-4-1-5-9-19)18-14-7-3-2-6-13(12)14/h2-3,6-7,10,19H,1,4-5,8-9H2,(H,17,18). The molecule has 1 aromatic carbocycles. The molecule has 0 saturated heterocycles. The van der Waals surface area contributed by atoms with E-state index in [9.17, 15) is 0 Å². The summed E-state index contributed by atoms with van der Waals surface area (Å²) in [4.78, 5) is 4.49. The third-order valence-electron chi connectivity index (χ3n) is 2.98. The number of anilines is 1. The van der Waals surface area contributed by atoms with Crippen molar-refractivity contribution in [2.24, 2.45) is 0 Å². The summed E-state index contributed by atoms with van der Waals surface area (Å²) in [6.45, 7) is 1.04. The van der Waals surface area contributed by atoms with Crippen molar-refractivity contribution >= 4 is 16.7 Å². The molecule has 19 heavy (non-hydrogen) atoms. The van der Waals surface area contributed by atoms with Crippen molar-refractivity contribution < 1.29 is 5.11 Å². The molecular formula is C15H17N3O. The van der Waals surface area contributed by atoms with Crippen molar-refractivity contribution in [1.82, 2.24) is 4.98 Å². The van der Waals surface area contributed by atoms with E-state index in [1.54, 1.807) is 6.07 Å². The van der Waals surface area contributed by atoms with Gasteiger partial charge in [0, 0.05) is 18.5 Å². The molecule has 98 valence electrons. The summed E-state index contributed by atoms with van der Waals surface area (Å²) in [7, 11) is 0. The van der Waals surface area contributed by atoms with Gasteiger partial charge in [-0.3, -0.25) is 0 Å². The number of aliphatic hydroxyl groups excluding tert-OH is 1. The van der Waals surface area contributed by atoms with Crippen molar-refractivity contribution in [2.45, 2.75) is 19.3 Å². The van der Waals surface area contributed by atoms with Crippen LogP contribution in [0.25, 0.3) is 10.9 Å². The fourth-order valence-corrected chi connectivity index (χ4v) is 1.99. The van der Waals surface area contributed by atoms with E-state index in [0.29, 0.717) is 5.56 Å². The van der Waals surface area contributed by atoms with Crippen LogP contribution >= 0.6 is 0 Å². The molecule has 1 heterocycles. The Morgan fingerprint density at radius 1 is 1.21 bits per heavy atom. The molecule has 2 rings (SSSR count). The quantitative estimate of drug-likeness (QED) is 0.779. The second-order valence-electron chi connectivity index (χ2n) is 4.40. The Bertz CT molecular complexity index is 589. The number of rotatable bonds is 6. The van der Waals surface area contributed by atoms with Crippen LogP contribution in [0.3, 0.4) is 0 Å². The van der Waals surface area contributed by atoms with Gasteiger partial charge in [0.15, 0.2) is 0 Å². The van der Waals surface area contributed by atoms with E-state index in [4.69, 9.17) is 10.4 Å². The average molecular weight is 255 g/mol. The van der Waals surface area contributed by atoms with Gasteiger partial charge in [-0.05, 0) is 31.4 Å². The average Bonchev–Trinajstić information content (AvgIpc) is 2.46. The largest absolute Gasteiger partial charge is 0.396 e. The molecule has 0 aliphatic heterocycles. The lowest BCUT2D eigenvalue weighted by Crippen LogP contribution is -2.04. The summed E-state index contributed by atoms with van der Waals surface area (Å²) in [5, 5.41) is 22.0. The Labute approximate surface area is 112 Å². The number of nitrogens with zero attached hydrogens (tertiary/aromatic N) is 2. The molecule has 0 aliphatic rings. The molecule has 0 bridgehead atoms. The zero-order valence-electron chi connectivity index (χ0n) is 10.8. The summed E-state index contributed by atoms with van der Waals surface area (Å²) < 4.78 is 0. The molecule has 2 aromatic rings. The Balaban J connectivity index is 2.10. The highest BCUT2D eigenvalue weighted by atomic mass is 16.2. The van der Waals surface area contributed by atoms with E-state index >= 15 is 0 Å². The smallest absolute Gasteiger partial charge is 0.127 e. The molecule has 0 aliphatic carbocycles. The maximum absolute atomic E-state index is 9.17. The topological polar surface area (TPSA) is 68.9 Å². The maximum Gasteiger partial charge on any atom is 0.127 e. The number of hydrogen-bond acceptors (Lipinski definition) is 4. The number of nitrogens with one attached hydrogen (secondary N) is 1. The second kappa shape index (κ2) is 6.72.